The van der Waals surface area contributed by atoms with Crippen LogP contribution in [0.25, 0.3) is 26.2 Å². The molecule has 0 radical (unpaired) electrons. The number of hydrogen-bond acceptors (Lipinski definition) is 9. The van der Waals surface area contributed by atoms with Gasteiger partial charge < -0.3 is 25.4 Å². The lowest BCUT2D eigenvalue weighted by Gasteiger charge is -2.30. The van der Waals surface area contributed by atoms with Crippen LogP contribution in [-0.2, 0) is 9.59 Å². The van der Waals surface area contributed by atoms with Crippen LogP contribution in [0.4, 0.5) is 0 Å². The molecule has 6 rings (SSSR count). The van der Waals surface area contributed by atoms with Crippen LogP contribution >= 0.6 is 22.7 Å². The van der Waals surface area contributed by atoms with Gasteiger partial charge in [0.2, 0.25) is 11.8 Å². The summed E-state index contributed by atoms with van der Waals surface area (Å²) in [5.74, 6) is 1.98. The number of amides is 2. The molecule has 224 valence electrons. The van der Waals surface area contributed by atoms with E-state index in [0.717, 1.165) is 75.8 Å². The number of imidazole rings is 1. The maximum atomic E-state index is 12.8. The third-order valence-corrected chi connectivity index (χ3v) is 10.3. The minimum Gasteiger partial charge on any atom is -0.368 e. The lowest BCUT2D eigenvalue weighted by atomic mass is 10.1. The fraction of sp³-hybridized carbons (Fsp3) is 0.567. The third kappa shape index (κ3) is 5.96. The van der Waals surface area contributed by atoms with Gasteiger partial charge >= 0.3 is 0 Å². The summed E-state index contributed by atoms with van der Waals surface area (Å²) in [6.45, 7) is 9.96. The number of H-pyrrole nitrogens is 1. The molecule has 3 aromatic heterocycles. The number of nitrogens with zero attached hydrogens (tertiary/aromatic N) is 5. The average molecular weight is 609 g/mol. The minimum atomic E-state index is -0.00741. The second kappa shape index (κ2) is 12.2. The topological polar surface area (TPSA) is 119 Å². The van der Waals surface area contributed by atoms with Crippen molar-refractivity contribution in [3.8, 4) is 20.5 Å². The Labute approximate surface area is 255 Å². The van der Waals surface area contributed by atoms with Crippen molar-refractivity contribution in [1.82, 2.24) is 40.4 Å². The van der Waals surface area contributed by atoms with E-state index >= 15 is 0 Å². The number of nitrogens with one attached hydrogen (secondary N) is 3. The molecule has 2 saturated heterocycles. The van der Waals surface area contributed by atoms with E-state index in [0.29, 0.717) is 24.7 Å². The summed E-state index contributed by atoms with van der Waals surface area (Å²) in [7, 11) is 0. The van der Waals surface area contributed by atoms with E-state index in [4.69, 9.17) is 4.98 Å². The van der Waals surface area contributed by atoms with Gasteiger partial charge in [0.15, 0.2) is 0 Å². The van der Waals surface area contributed by atoms with Crippen molar-refractivity contribution in [3.63, 3.8) is 0 Å². The molecule has 3 atom stereocenters. The normalized spacial score (nSPS) is 22.2. The SMILES string of the molecule is CC(C)CC(=O)N1CCC[C@H]1c1ncc(-c2ncc(-c3cnc(C4=CNC([C@@H]5CCCN5C(=O)CC(C)C)N4)s3)s2)[nH]1. The lowest BCUT2D eigenvalue weighted by Crippen LogP contribution is -2.51. The molecule has 10 nitrogen and oxygen atoms in total. The number of aromatic amines is 1. The zero-order valence-corrected chi connectivity index (χ0v) is 26.4. The summed E-state index contributed by atoms with van der Waals surface area (Å²) in [4.78, 5) is 49.2. The van der Waals surface area contributed by atoms with Crippen molar-refractivity contribution in [1.29, 1.82) is 0 Å². The Bertz CT molecular complexity index is 1460. The Morgan fingerprint density at radius 1 is 0.881 bits per heavy atom. The zero-order chi connectivity index (χ0) is 29.4. The number of hydrogen-bond donors (Lipinski definition) is 3. The fourth-order valence-electron chi connectivity index (χ4n) is 6.13. The Kier molecular flexibility index (Phi) is 8.35. The van der Waals surface area contributed by atoms with E-state index in [9.17, 15) is 9.59 Å². The Balaban J connectivity index is 1.10. The van der Waals surface area contributed by atoms with Gasteiger partial charge in [-0.15, -0.1) is 22.7 Å². The number of carbonyl (C=O) groups excluding carboxylic acids is 2. The summed E-state index contributed by atoms with van der Waals surface area (Å²) in [6.07, 6.45) is 12.7. The van der Waals surface area contributed by atoms with Crippen LogP contribution in [0, 0.1) is 11.8 Å². The number of thiazole rings is 2. The van der Waals surface area contributed by atoms with Crippen molar-refractivity contribution in [2.24, 2.45) is 11.8 Å². The Hall–Kier alpha value is -3.25. The van der Waals surface area contributed by atoms with Gasteiger partial charge in [-0.25, -0.2) is 15.0 Å². The molecule has 3 aliphatic rings. The highest BCUT2D eigenvalue weighted by Crippen LogP contribution is 2.38. The highest BCUT2D eigenvalue weighted by Gasteiger charge is 2.37. The van der Waals surface area contributed by atoms with Gasteiger partial charge in [-0.3, -0.25) is 9.59 Å². The van der Waals surface area contributed by atoms with E-state index in [1.165, 1.54) is 0 Å². The molecular weight excluding hydrogens is 569 g/mol. The fourth-order valence-corrected chi connectivity index (χ4v) is 7.96. The van der Waals surface area contributed by atoms with Gasteiger partial charge in [0.05, 0.1) is 39.4 Å². The van der Waals surface area contributed by atoms with Crippen molar-refractivity contribution in [2.45, 2.75) is 84.5 Å². The zero-order valence-electron chi connectivity index (χ0n) is 24.7. The van der Waals surface area contributed by atoms with Gasteiger partial charge in [-0.2, -0.15) is 0 Å². The summed E-state index contributed by atoms with van der Waals surface area (Å²) < 4.78 is 0. The van der Waals surface area contributed by atoms with Crippen LogP contribution in [0.3, 0.4) is 0 Å². The molecule has 3 aromatic rings. The first kappa shape index (κ1) is 28.9. The first-order valence-electron chi connectivity index (χ1n) is 15.1. The van der Waals surface area contributed by atoms with Gasteiger partial charge in [-0.1, -0.05) is 27.7 Å². The maximum Gasteiger partial charge on any atom is 0.223 e. The molecule has 0 spiro atoms. The molecule has 0 aromatic carbocycles. The van der Waals surface area contributed by atoms with Crippen molar-refractivity contribution >= 4 is 40.2 Å². The second-order valence-electron chi connectivity index (χ2n) is 12.3. The first-order valence-corrected chi connectivity index (χ1v) is 16.7. The molecule has 3 N–H and O–H groups in total. The quantitative estimate of drug-likeness (QED) is 0.305. The van der Waals surface area contributed by atoms with Crippen molar-refractivity contribution in [3.05, 3.63) is 35.6 Å². The number of carbonyl (C=O) groups is 2. The number of likely N-dealkylation sites (tertiary alicyclic amines) is 2. The molecule has 0 saturated carbocycles. The Morgan fingerprint density at radius 3 is 2.26 bits per heavy atom. The number of rotatable bonds is 9. The molecule has 2 fully saturated rings. The number of aromatic nitrogens is 4. The lowest BCUT2D eigenvalue weighted by molar-refractivity contribution is -0.134. The summed E-state index contributed by atoms with van der Waals surface area (Å²) in [5, 5.41) is 8.82. The van der Waals surface area contributed by atoms with Gasteiger partial charge in [0.1, 0.15) is 22.0 Å². The standard InChI is InChI=1S/C30H40N8O2S2/c1-17(2)11-25(39)37-9-5-7-21(37)27-31-13-19(35-27)29-33-15-23(41-29)24-16-34-30(42-24)20-14-32-28(36-20)22-8-6-10-38(22)26(40)12-18(3)4/h13-18,21-22,27,31,35H,5-12H2,1-4H3,(H,32,36)/t21-,22-,27?/m0/s1. The second-order valence-corrected chi connectivity index (χ2v) is 14.4. The molecular formula is C30H40N8O2S2. The molecule has 1 unspecified atom stereocenters. The summed E-state index contributed by atoms with van der Waals surface area (Å²) in [5.41, 5.74) is 1.82. The van der Waals surface area contributed by atoms with Crippen molar-refractivity contribution in [2.75, 3.05) is 13.1 Å². The van der Waals surface area contributed by atoms with Crippen molar-refractivity contribution < 1.29 is 9.59 Å². The van der Waals surface area contributed by atoms with Gasteiger partial charge in [0.25, 0.3) is 0 Å². The molecule has 6 heterocycles. The highest BCUT2D eigenvalue weighted by molar-refractivity contribution is 7.23. The van der Waals surface area contributed by atoms with Crippen LogP contribution in [0.5, 0.6) is 0 Å². The molecule has 0 bridgehead atoms. The first-order chi connectivity index (χ1) is 20.3. The smallest absolute Gasteiger partial charge is 0.223 e. The molecule has 42 heavy (non-hydrogen) atoms. The van der Waals surface area contributed by atoms with E-state index in [-0.39, 0.29) is 30.1 Å². The molecule has 12 heteroatoms. The van der Waals surface area contributed by atoms with E-state index in [1.807, 2.05) is 34.6 Å². The van der Waals surface area contributed by atoms with E-state index in [1.54, 1.807) is 22.7 Å². The maximum absolute atomic E-state index is 12.8. The van der Waals surface area contributed by atoms with E-state index < -0.39 is 0 Å². The predicted octanol–water partition coefficient (Wildman–Crippen LogP) is 5.22. The van der Waals surface area contributed by atoms with Crippen LogP contribution in [-0.4, -0.2) is 66.8 Å². The summed E-state index contributed by atoms with van der Waals surface area (Å²) >= 11 is 3.23. The van der Waals surface area contributed by atoms with Crippen LogP contribution < -0.4 is 10.6 Å². The summed E-state index contributed by atoms with van der Waals surface area (Å²) in [6, 6.07) is 0.139. The largest absolute Gasteiger partial charge is 0.368 e. The minimum absolute atomic E-state index is 0.00254. The molecule has 0 aliphatic carbocycles. The Morgan fingerprint density at radius 2 is 1.52 bits per heavy atom. The molecule has 3 aliphatic heterocycles. The highest BCUT2D eigenvalue weighted by atomic mass is 32.1. The van der Waals surface area contributed by atoms with Crippen LogP contribution in [0.2, 0.25) is 0 Å². The predicted molar refractivity (Wildman–Crippen MR) is 166 cm³/mol. The van der Waals surface area contributed by atoms with Gasteiger partial charge in [0, 0.05) is 44.5 Å². The third-order valence-electron chi connectivity index (χ3n) is 8.09. The monoisotopic (exact) mass is 608 g/mol. The average Bonchev–Trinajstić information content (AvgIpc) is 3.77. The van der Waals surface area contributed by atoms with Crippen LogP contribution in [0.15, 0.2) is 24.8 Å². The van der Waals surface area contributed by atoms with Gasteiger partial charge in [-0.05, 0) is 37.5 Å². The van der Waals surface area contributed by atoms with E-state index in [2.05, 4.69) is 53.3 Å². The van der Waals surface area contributed by atoms with Crippen LogP contribution in [0.1, 0.15) is 83.1 Å². The molecule has 2 amide bonds.